The van der Waals surface area contributed by atoms with Crippen molar-refractivity contribution in [1.82, 2.24) is 4.98 Å². The molecule has 17 heavy (non-hydrogen) atoms. The molecule has 0 aliphatic heterocycles. The van der Waals surface area contributed by atoms with Crippen LogP contribution in [0.2, 0.25) is 0 Å². The van der Waals surface area contributed by atoms with Crippen molar-refractivity contribution in [3.63, 3.8) is 0 Å². The van der Waals surface area contributed by atoms with Crippen molar-refractivity contribution in [2.45, 2.75) is 25.4 Å². The van der Waals surface area contributed by atoms with Gasteiger partial charge >= 0.3 is 0 Å². The molecule has 0 spiro atoms. The second-order valence-electron chi connectivity index (χ2n) is 4.06. The number of aromatic nitrogens is 1. The molecule has 0 amide bonds. The summed E-state index contributed by atoms with van der Waals surface area (Å²) in [6.07, 6.45) is 10.5. The summed E-state index contributed by atoms with van der Waals surface area (Å²) >= 11 is 0. The van der Waals surface area contributed by atoms with Crippen molar-refractivity contribution in [3.8, 4) is 12.3 Å². The molecule has 2 aromatic rings. The fourth-order valence-corrected chi connectivity index (χ4v) is 1.96. The minimum absolute atomic E-state index is 0.484. The SMILES string of the molecule is C#CCCCC(O)c1cncc2ccccc12. The van der Waals surface area contributed by atoms with Gasteiger partial charge in [-0.3, -0.25) is 4.98 Å². The van der Waals surface area contributed by atoms with E-state index in [1.54, 1.807) is 6.20 Å². The van der Waals surface area contributed by atoms with Gasteiger partial charge in [0, 0.05) is 29.8 Å². The van der Waals surface area contributed by atoms with Crippen molar-refractivity contribution in [2.24, 2.45) is 0 Å². The Morgan fingerprint density at radius 3 is 2.94 bits per heavy atom. The van der Waals surface area contributed by atoms with Crippen LogP contribution < -0.4 is 0 Å². The fourth-order valence-electron chi connectivity index (χ4n) is 1.96. The standard InChI is InChI=1S/C15H15NO/c1-2-3-4-9-15(17)14-11-16-10-12-7-5-6-8-13(12)14/h1,5-8,10-11,15,17H,3-4,9H2. The van der Waals surface area contributed by atoms with E-state index < -0.39 is 6.10 Å². The average Bonchev–Trinajstić information content (AvgIpc) is 2.38. The van der Waals surface area contributed by atoms with Gasteiger partial charge in [0.1, 0.15) is 0 Å². The van der Waals surface area contributed by atoms with Gasteiger partial charge in [-0.2, -0.15) is 0 Å². The first-order valence-corrected chi connectivity index (χ1v) is 5.77. The molecule has 1 N–H and O–H groups in total. The molecule has 2 heteroatoms. The minimum atomic E-state index is -0.484. The lowest BCUT2D eigenvalue weighted by molar-refractivity contribution is 0.166. The van der Waals surface area contributed by atoms with Gasteiger partial charge in [0.25, 0.3) is 0 Å². The van der Waals surface area contributed by atoms with E-state index in [1.165, 1.54) is 0 Å². The molecule has 1 heterocycles. The van der Waals surface area contributed by atoms with Gasteiger partial charge in [0.15, 0.2) is 0 Å². The lowest BCUT2D eigenvalue weighted by atomic mass is 10.00. The van der Waals surface area contributed by atoms with Crippen LogP contribution in [0.15, 0.2) is 36.7 Å². The first kappa shape index (κ1) is 11.6. The second kappa shape index (κ2) is 5.47. The van der Waals surface area contributed by atoms with Crippen LogP contribution in [0.5, 0.6) is 0 Å². The number of terminal acetylenes is 1. The lowest BCUT2D eigenvalue weighted by Crippen LogP contribution is -1.99. The molecule has 1 atom stereocenters. The van der Waals surface area contributed by atoms with Crippen LogP contribution in [-0.2, 0) is 0 Å². The molecule has 86 valence electrons. The van der Waals surface area contributed by atoms with E-state index in [0.29, 0.717) is 12.8 Å². The van der Waals surface area contributed by atoms with Crippen molar-refractivity contribution in [3.05, 3.63) is 42.2 Å². The zero-order chi connectivity index (χ0) is 12.1. The van der Waals surface area contributed by atoms with Crippen LogP contribution >= 0.6 is 0 Å². The Morgan fingerprint density at radius 1 is 1.29 bits per heavy atom. The molecular formula is C15H15NO. The number of aliphatic hydroxyl groups is 1. The average molecular weight is 225 g/mol. The highest BCUT2D eigenvalue weighted by atomic mass is 16.3. The lowest BCUT2D eigenvalue weighted by Gasteiger charge is -2.12. The number of nitrogens with zero attached hydrogens (tertiary/aromatic N) is 1. The van der Waals surface area contributed by atoms with Crippen molar-refractivity contribution in [1.29, 1.82) is 0 Å². The normalized spacial score (nSPS) is 12.2. The summed E-state index contributed by atoms with van der Waals surface area (Å²) in [6.45, 7) is 0. The van der Waals surface area contributed by atoms with Crippen molar-refractivity contribution >= 4 is 10.8 Å². The predicted molar refractivity (Wildman–Crippen MR) is 69.4 cm³/mol. The maximum Gasteiger partial charge on any atom is 0.0811 e. The first-order chi connectivity index (χ1) is 8.33. The summed E-state index contributed by atoms with van der Waals surface area (Å²) in [5.74, 6) is 2.58. The Morgan fingerprint density at radius 2 is 2.12 bits per heavy atom. The first-order valence-electron chi connectivity index (χ1n) is 5.77. The van der Waals surface area contributed by atoms with Crippen molar-refractivity contribution < 1.29 is 5.11 Å². The minimum Gasteiger partial charge on any atom is -0.388 e. The van der Waals surface area contributed by atoms with Crippen LogP contribution in [0.4, 0.5) is 0 Å². The number of fused-ring (bicyclic) bond motifs is 1. The summed E-state index contributed by atoms with van der Waals surface area (Å²) in [6, 6.07) is 7.95. The molecule has 1 unspecified atom stereocenters. The molecule has 1 aromatic heterocycles. The molecule has 0 aliphatic rings. The summed E-state index contributed by atoms with van der Waals surface area (Å²) in [5, 5.41) is 12.3. The zero-order valence-electron chi connectivity index (χ0n) is 9.63. The Labute approximate surface area is 101 Å². The summed E-state index contributed by atoms with van der Waals surface area (Å²) in [7, 11) is 0. The van der Waals surface area contributed by atoms with E-state index >= 15 is 0 Å². The van der Waals surface area contributed by atoms with E-state index in [0.717, 1.165) is 22.8 Å². The van der Waals surface area contributed by atoms with Crippen LogP contribution in [0.1, 0.15) is 30.9 Å². The molecular weight excluding hydrogens is 210 g/mol. The quantitative estimate of drug-likeness (QED) is 0.640. The Hall–Kier alpha value is -1.85. The van der Waals surface area contributed by atoms with E-state index in [2.05, 4.69) is 10.9 Å². The van der Waals surface area contributed by atoms with Gasteiger partial charge in [0.05, 0.1) is 6.10 Å². The maximum atomic E-state index is 10.1. The van der Waals surface area contributed by atoms with Gasteiger partial charge in [-0.25, -0.2) is 0 Å². The summed E-state index contributed by atoms with van der Waals surface area (Å²) < 4.78 is 0. The summed E-state index contributed by atoms with van der Waals surface area (Å²) in [5.41, 5.74) is 0.889. The molecule has 0 saturated carbocycles. The van der Waals surface area contributed by atoms with Crippen LogP contribution in [-0.4, -0.2) is 10.1 Å². The highest BCUT2D eigenvalue weighted by molar-refractivity contribution is 5.84. The largest absolute Gasteiger partial charge is 0.388 e. The Balaban J connectivity index is 2.26. The van der Waals surface area contributed by atoms with E-state index in [9.17, 15) is 5.11 Å². The highest BCUT2D eigenvalue weighted by Crippen LogP contribution is 2.26. The fraction of sp³-hybridized carbons (Fsp3) is 0.267. The second-order valence-corrected chi connectivity index (χ2v) is 4.06. The monoisotopic (exact) mass is 225 g/mol. The van der Waals surface area contributed by atoms with Crippen LogP contribution in [0, 0.1) is 12.3 Å². The predicted octanol–water partition coefficient (Wildman–Crippen LogP) is 3.07. The topological polar surface area (TPSA) is 33.1 Å². The van der Waals surface area contributed by atoms with Gasteiger partial charge in [-0.15, -0.1) is 12.3 Å². The molecule has 0 bridgehead atoms. The molecule has 1 aromatic carbocycles. The number of pyridine rings is 1. The number of hydrogen-bond acceptors (Lipinski definition) is 2. The zero-order valence-corrected chi connectivity index (χ0v) is 9.63. The summed E-state index contributed by atoms with van der Waals surface area (Å²) in [4.78, 5) is 4.16. The van der Waals surface area contributed by atoms with E-state index in [4.69, 9.17) is 6.42 Å². The number of benzene rings is 1. The maximum absolute atomic E-state index is 10.1. The molecule has 0 radical (unpaired) electrons. The molecule has 0 fully saturated rings. The van der Waals surface area contributed by atoms with Crippen molar-refractivity contribution in [2.75, 3.05) is 0 Å². The molecule has 2 rings (SSSR count). The third kappa shape index (κ3) is 2.64. The highest BCUT2D eigenvalue weighted by Gasteiger charge is 2.10. The van der Waals surface area contributed by atoms with Crippen LogP contribution in [0.25, 0.3) is 10.8 Å². The third-order valence-electron chi connectivity index (χ3n) is 2.86. The van der Waals surface area contributed by atoms with E-state index in [-0.39, 0.29) is 0 Å². The van der Waals surface area contributed by atoms with Crippen LogP contribution in [0.3, 0.4) is 0 Å². The number of unbranched alkanes of at least 4 members (excludes halogenated alkanes) is 1. The number of rotatable bonds is 4. The van der Waals surface area contributed by atoms with E-state index in [1.807, 2.05) is 30.5 Å². The Kier molecular flexibility index (Phi) is 3.74. The third-order valence-corrected chi connectivity index (χ3v) is 2.86. The van der Waals surface area contributed by atoms with Gasteiger partial charge in [0.2, 0.25) is 0 Å². The number of hydrogen-bond donors (Lipinski definition) is 1. The smallest absolute Gasteiger partial charge is 0.0811 e. The van der Waals surface area contributed by atoms with Gasteiger partial charge in [-0.05, 0) is 18.2 Å². The Bertz CT molecular complexity index is 537. The van der Waals surface area contributed by atoms with Gasteiger partial charge < -0.3 is 5.11 Å². The molecule has 0 saturated heterocycles. The molecule has 0 aliphatic carbocycles. The van der Waals surface area contributed by atoms with Gasteiger partial charge in [-0.1, -0.05) is 24.3 Å². The number of aliphatic hydroxyl groups excluding tert-OH is 1. The molecule has 2 nitrogen and oxygen atoms in total.